The Balaban J connectivity index is 1.78. The summed E-state index contributed by atoms with van der Waals surface area (Å²) in [7, 11) is 0. The maximum Gasteiger partial charge on any atom is 0.315 e. The molecule has 0 unspecified atom stereocenters. The van der Waals surface area contributed by atoms with Gasteiger partial charge in [-0.2, -0.15) is 0 Å². The Morgan fingerprint density at radius 2 is 2.00 bits per heavy atom. The summed E-state index contributed by atoms with van der Waals surface area (Å²) in [5.74, 6) is 0.186. The predicted molar refractivity (Wildman–Crippen MR) is 88.8 cm³/mol. The van der Waals surface area contributed by atoms with Crippen molar-refractivity contribution < 1.29 is 9.90 Å². The van der Waals surface area contributed by atoms with E-state index in [4.69, 9.17) is 0 Å². The van der Waals surface area contributed by atoms with Gasteiger partial charge in [0.2, 0.25) is 0 Å². The van der Waals surface area contributed by atoms with Gasteiger partial charge >= 0.3 is 6.03 Å². The third-order valence-electron chi connectivity index (χ3n) is 5.31. The van der Waals surface area contributed by atoms with Gasteiger partial charge in [-0.3, -0.25) is 4.90 Å². The van der Waals surface area contributed by atoms with Crippen LogP contribution in [0.2, 0.25) is 0 Å². The quantitative estimate of drug-likeness (QED) is 0.727. The summed E-state index contributed by atoms with van der Waals surface area (Å²) in [4.78, 5) is 14.7. The molecule has 0 aromatic carbocycles. The summed E-state index contributed by atoms with van der Waals surface area (Å²) in [6.45, 7) is 10.8. The van der Waals surface area contributed by atoms with E-state index in [2.05, 4.69) is 15.5 Å². The molecule has 2 saturated heterocycles. The summed E-state index contributed by atoms with van der Waals surface area (Å²) in [5.41, 5.74) is -0.321. The number of hydrogen-bond donors (Lipinski definition) is 3. The van der Waals surface area contributed by atoms with Crippen LogP contribution in [0.5, 0.6) is 0 Å². The number of fused-ring (bicyclic) bond motifs is 1. The van der Waals surface area contributed by atoms with Crippen LogP contribution in [-0.4, -0.2) is 53.9 Å². The zero-order chi connectivity index (χ0) is 16.3. The molecule has 22 heavy (non-hydrogen) atoms. The molecule has 128 valence electrons. The SMILES string of the molecule is CC(C)[C@H](O)C(C)(C)CNC(=O)N[C@H]1CCN2CCCC[C@H]12. The van der Waals surface area contributed by atoms with Gasteiger partial charge in [0.25, 0.3) is 0 Å². The third-order valence-corrected chi connectivity index (χ3v) is 5.31. The molecule has 5 nitrogen and oxygen atoms in total. The van der Waals surface area contributed by atoms with Crippen molar-refractivity contribution in [3.05, 3.63) is 0 Å². The second kappa shape index (κ2) is 7.18. The van der Waals surface area contributed by atoms with Crippen molar-refractivity contribution in [2.24, 2.45) is 11.3 Å². The molecule has 2 amide bonds. The minimum atomic E-state index is -0.423. The van der Waals surface area contributed by atoms with Crippen LogP contribution in [0.4, 0.5) is 4.79 Å². The number of aliphatic hydroxyl groups is 1. The molecule has 0 aromatic rings. The number of urea groups is 1. The second-order valence-electron chi connectivity index (χ2n) is 8.00. The van der Waals surface area contributed by atoms with Gasteiger partial charge in [-0.15, -0.1) is 0 Å². The van der Waals surface area contributed by atoms with E-state index < -0.39 is 6.10 Å². The number of aliphatic hydroxyl groups excluding tert-OH is 1. The molecule has 3 N–H and O–H groups in total. The summed E-state index contributed by atoms with van der Waals surface area (Å²) < 4.78 is 0. The van der Waals surface area contributed by atoms with E-state index in [-0.39, 0.29) is 23.4 Å². The van der Waals surface area contributed by atoms with Crippen molar-refractivity contribution in [1.29, 1.82) is 0 Å². The molecular weight excluding hydrogens is 278 g/mol. The average Bonchev–Trinajstić information content (AvgIpc) is 2.88. The molecule has 5 heteroatoms. The minimum absolute atomic E-state index is 0.0959. The Morgan fingerprint density at radius 1 is 1.27 bits per heavy atom. The van der Waals surface area contributed by atoms with E-state index in [9.17, 15) is 9.90 Å². The first-order valence-corrected chi connectivity index (χ1v) is 8.78. The van der Waals surface area contributed by atoms with Crippen LogP contribution < -0.4 is 10.6 Å². The van der Waals surface area contributed by atoms with Gasteiger partial charge in [0, 0.05) is 30.6 Å². The molecule has 0 aromatic heterocycles. The molecule has 2 aliphatic heterocycles. The van der Waals surface area contributed by atoms with Crippen LogP contribution in [-0.2, 0) is 0 Å². The van der Waals surface area contributed by atoms with Crippen molar-refractivity contribution in [1.82, 2.24) is 15.5 Å². The van der Waals surface area contributed by atoms with Crippen molar-refractivity contribution in [3.63, 3.8) is 0 Å². The molecule has 2 fully saturated rings. The number of carbonyl (C=O) groups is 1. The number of amides is 2. The topological polar surface area (TPSA) is 64.6 Å². The fourth-order valence-corrected chi connectivity index (χ4v) is 3.95. The maximum absolute atomic E-state index is 12.2. The van der Waals surface area contributed by atoms with Gasteiger partial charge in [-0.1, -0.05) is 34.1 Å². The number of hydrogen-bond acceptors (Lipinski definition) is 3. The second-order valence-corrected chi connectivity index (χ2v) is 8.00. The van der Waals surface area contributed by atoms with Crippen LogP contribution in [0.25, 0.3) is 0 Å². The highest BCUT2D eigenvalue weighted by Crippen LogP contribution is 2.27. The van der Waals surface area contributed by atoms with Gasteiger partial charge in [0.1, 0.15) is 0 Å². The first-order valence-electron chi connectivity index (χ1n) is 8.78. The van der Waals surface area contributed by atoms with Crippen LogP contribution in [0.1, 0.15) is 53.4 Å². The van der Waals surface area contributed by atoms with Crippen molar-refractivity contribution in [3.8, 4) is 0 Å². The first-order chi connectivity index (χ1) is 10.3. The highest BCUT2D eigenvalue weighted by molar-refractivity contribution is 5.74. The average molecular weight is 311 g/mol. The van der Waals surface area contributed by atoms with E-state index >= 15 is 0 Å². The highest BCUT2D eigenvalue weighted by atomic mass is 16.3. The molecule has 0 bridgehead atoms. The largest absolute Gasteiger partial charge is 0.392 e. The van der Waals surface area contributed by atoms with Crippen molar-refractivity contribution in [2.45, 2.75) is 71.6 Å². The van der Waals surface area contributed by atoms with Gasteiger partial charge in [0.15, 0.2) is 0 Å². The first kappa shape index (κ1) is 17.5. The number of nitrogens with one attached hydrogen (secondary N) is 2. The molecule has 2 aliphatic rings. The lowest BCUT2D eigenvalue weighted by Gasteiger charge is -2.34. The van der Waals surface area contributed by atoms with Gasteiger partial charge in [-0.25, -0.2) is 4.79 Å². The summed E-state index contributed by atoms with van der Waals surface area (Å²) in [6, 6.07) is 0.702. The van der Waals surface area contributed by atoms with Crippen LogP contribution in [0, 0.1) is 11.3 Å². The molecule has 3 atom stereocenters. The lowest BCUT2D eigenvalue weighted by Crippen LogP contribution is -2.52. The Bertz CT molecular complexity index is 384. The highest BCUT2D eigenvalue weighted by Gasteiger charge is 2.36. The van der Waals surface area contributed by atoms with E-state index in [1.54, 1.807) is 0 Å². The molecule has 0 spiro atoms. The van der Waals surface area contributed by atoms with Crippen molar-refractivity contribution in [2.75, 3.05) is 19.6 Å². The number of rotatable bonds is 5. The Hall–Kier alpha value is -0.810. The molecular formula is C17H33N3O2. The fourth-order valence-electron chi connectivity index (χ4n) is 3.95. The Morgan fingerprint density at radius 3 is 2.68 bits per heavy atom. The molecule has 2 rings (SSSR count). The molecule has 0 saturated carbocycles. The van der Waals surface area contributed by atoms with E-state index in [1.165, 1.54) is 25.8 Å². The smallest absolute Gasteiger partial charge is 0.315 e. The molecule has 2 heterocycles. The zero-order valence-electron chi connectivity index (χ0n) is 14.6. The zero-order valence-corrected chi connectivity index (χ0v) is 14.6. The van der Waals surface area contributed by atoms with Crippen LogP contribution in [0.15, 0.2) is 0 Å². The van der Waals surface area contributed by atoms with Crippen molar-refractivity contribution >= 4 is 6.03 Å². The van der Waals surface area contributed by atoms with Gasteiger partial charge in [0.05, 0.1) is 6.10 Å². The predicted octanol–water partition coefficient (Wildman–Crippen LogP) is 1.96. The summed E-state index contributed by atoms with van der Waals surface area (Å²) in [5, 5.41) is 16.3. The van der Waals surface area contributed by atoms with E-state index in [1.807, 2.05) is 27.7 Å². The van der Waals surface area contributed by atoms with Crippen LogP contribution in [0.3, 0.4) is 0 Å². The lowest BCUT2D eigenvalue weighted by molar-refractivity contribution is 0.0151. The minimum Gasteiger partial charge on any atom is -0.392 e. The fraction of sp³-hybridized carbons (Fsp3) is 0.941. The molecule has 0 aliphatic carbocycles. The van der Waals surface area contributed by atoms with Gasteiger partial charge in [-0.05, 0) is 31.7 Å². The number of piperidine rings is 1. The maximum atomic E-state index is 12.2. The Kier molecular flexibility index (Phi) is 5.72. The number of carbonyl (C=O) groups excluding carboxylic acids is 1. The molecule has 0 radical (unpaired) electrons. The van der Waals surface area contributed by atoms with E-state index in [0.717, 1.165) is 13.0 Å². The van der Waals surface area contributed by atoms with Gasteiger partial charge < -0.3 is 15.7 Å². The summed E-state index contributed by atoms with van der Waals surface area (Å²) in [6.07, 6.45) is 4.39. The number of nitrogens with zero attached hydrogens (tertiary/aromatic N) is 1. The summed E-state index contributed by atoms with van der Waals surface area (Å²) >= 11 is 0. The normalized spacial score (nSPS) is 27.5. The van der Waals surface area contributed by atoms with E-state index in [0.29, 0.717) is 12.6 Å². The Labute approximate surface area is 134 Å². The lowest BCUT2D eigenvalue weighted by atomic mass is 9.81. The monoisotopic (exact) mass is 311 g/mol. The standard InChI is InChI=1S/C17H33N3O2/c1-12(2)15(21)17(3,4)11-18-16(22)19-13-8-10-20-9-6-5-7-14(13)20/h12-15,21H,5-11H2,1-4H3,(H2,18,19,22)/t13-,14+,15-/m0/s1. The van der Waals surface area contributed by atoms with Crippen LogP contribution >= 0.6 is 0 Å². The third kappa shape index (κ3) is 4.13.